The molecule has 0 aromatic rings. The molecule has 6 nitrogen and oxygen atoms in total. The van der Waals surface area contributed by atoms with Crippen LogP contribution in [0.25, 0.3) is 0 Å². The van der Waals surface area contributed by atoms with E-state index in [-0.39, 0.29) is 37.3 Å². The van der Waals surface area contributed by atoms with Crippen molar-refractivity contribution in [1.29, 1.82) is 0 Å². The zero-order valence-corrected chi connectivity index (χ0v) is 11.3. The van der Waals surface area contributed by atoms with Crippen LogP contribution in [-0.4, -0.2) is 44.0 Å². The van der Waals surface area contributed by atoms with Gasteiger partial charge in [0.15, 0.2) is 0 Å². The second-order valence-corrected chi connectivity index (χ2v) is 6.06. The molecular weight excluding hydrogens is 246 g/mol. The summed E-state index contributed by atoms with van der Waals surface area (Å²) < 4.78 is 30.6. The summed E-state index contributed by atoms with van der Waals surface area (Å²) in [6.45, 7) is 5.44. The minimum Gasteiger partial charge on any atom is -0.481 e. The van der Waals surface area contributed by atoms with Crippen molar-refractivity contribution in [2.75, 3.05) is 12.4 Å². The lowest BCUT2D eigenvalue weighted by Crippen LogP contribution is -2.36. The van der Waals surface area contributed by atoms with Gasteiger partial charge in [-0.25, -0.2) is 13.1 Å². The second-order valence-electron chi connectivity index (χ2n) is 4.19. The maximum Gasteiger partial charge on any atom is 0.303 e. The van der Waals surface area contributed by atoms with E-state index in [2.05, 4.69) is 4.72 Å². The predicted octanol–water partition coefficient (Wildman–Crippen LogP) is 0.584. The maximum atomic E-state index is 11.5. The normalized spacial score (nSPS) is 13.9. The molecule has 0 fully saturated rings. The number of aliphatic carboxylic acids is 1. The Morgan fingerprint density at radius 3 is 2.41 bits per heavy atom. The van der Waals surface area contributed by atoms with Crippen molar-refractivity contribution in [2.45, 2.75) is 45.8 Å². The first-order valence-corrected chi connectivity index (χ1v) is 7.21. The lowest BCUT2D eigenvalue weighted by atomic mass is 10.2. The van der Waals surface area contributed by atoms with E-state index in [0.717, 1.165) is 0 Å². The Hall–Kier alpha value is -0.660. The summed E-state index contributed by atoms with van der Waals surface area (Å²) in [4.78, 5) is 10.3. The molecule has 1 unspecified atom stereocenters. The van der Waals surface area contributed by atoms with E-state index < -0.39 is 16.0 Å². The van der Waals surface area contributed by atoms with Crippen molar-refractivity contribution in [1.82, 2.24) is 4.72 Å². The third-order valence-corrected chi connectivity index (χ3v) is 3.44. The highest BCUT2D eigenvalue weighted by Crippen LogP contribution is 1.99. The average molecular weight is 267 g/mol. The van der Waals surface area contributed by atoms with E-state index >= 15 is 0 Å². The molecule has 0 aliphatic rings. The van der Waals surface area contributed by atoms with E-state index in [4.69, 9.17) is 9.84 Å². The summed E-state index contributed by atoms with van der Waals surface area (Å²) in [7, 11) is -3.39. The molecule has 0 bridgehead atoms. The van der Waals surface area contributed by atoms with Gasteiger partial charge < -0.3 is 9.84 Å². The van der Waals surface area contributed by atoms with Crippen molar-refractivity contribution in [3.05, 3.63) is 0 Å². The molecular formula is C10H21NO5S. The molecule has 2 N–H and O–H groups in total. The van der Waals surface area contributed by atoms with E-state index in [1.54, 1.807) is 6.92 Å². The Morgan fingerprint density at radius 1 is 1.35 bits per heavy atom. The quantitative estimate of drug-likeness (QED) is 0.637. The topological polar surface area (TPSA) is 92.7 Å². The fourth-order valence-corrected chi connectivity index (χ4v) is 2.32. The Bertz CT molecular complexity index is 326. The van der Waals surface area contributed by atoms with Gasteiger partial charge in [-0.15, -0.1) is 0 Å². The first-order chi connectivity index (χ1) is 7.73. The number of rotatable bonds is 9. The molecule has 0 aliphatic heterocycles. The van der Waals surface area contributed by atoms with E-state index in [9.17, 15) is 13.2 Å². The van der Waals surface area contributed by atoms with Crippen LogP contribution in [0.5, 0.6) is 0 Å². The largest absolute Gasteiger partial charge is 0.481 e. The summed E-state index contributed by atoms with van der Waals surface area (Å²) in [5, 5.41) is 8.47. The molecule has 0 aromatic heterocycles. The highest BCUT2D eigenvalue weighted by atomic mass is 32.2. The van der Waals surface area contributed by atoms with Crippen LogP contribution < -0.4 is 4.72 Å². The van der Waals surface area contributed by atoms with Gasteiger partial charge in [0.05, 0.1) is 18.5 Å². The van der Waals surface area contributed by atoms with Crippen LogP contribution in [0.1, 0.15) is 33.6 Å². The fraction of sp³-hybridized carbons (Fsp3) is 0.900. The average Bonchev–Trinajstić information content (AvgIpc) is 2.12. The molecule has 0 amide bonds. The Morgan fingerprint density at radius 2 is 1.94 bits per heavy atom. The van der Waals surface area contributed by atoms with Crippen molar-refractivity contribution in [3.63, 3.8) is 0 Å². The third-order valence-electron chi connectivity index (χ3n) is 1.98. The second kappa shape index (κ2) is 7.62. The van der Waals surface area contributed by atoms with Crippen LogP contribution in [-0.2, 0) is 19.6 Å². The first kappa shape index (κ1) is 16.3. The molecule has 0 aliphatic carbocycles. The number of hydrogen-bond acceptors (Lipinski definition) is 4. The minimum absolute atomic E-state index is 0.00497. The van der Waals surface area contributed by atoms with Gasteiger partial charge in [-0.05, 0) is 27.2 Å². The van der Waals surface area contributed by atoms with Crippen molar-refractivity contribution >= 4 is 16.0 Å². The van der Waals surface area contributed by atoms with Gasteiger partial charge in [-0.1, -0.05) is 0 Å². The molecule has 0 aromatic carbocycles. The summed E-state index contributed by atoms with van der Waals surface area (Å²) in [5.41, 5.74) is 0. The zero-order chi connectivity index (χ0) is 13.5. The standard InChI is InChI=1S/C10H21NO5S/c1-8(2)16-6-7-17(14,15)11-9(3)4-5-10(12)13/h8-9,11H,4-7H2,1-3H3,(H,12,13). The molecule has 7 heteroatoms. The van der Waals surface area contributed by atoms with Gasteiger partial charge >= 0.3 is 5.97 Å². The SMILES string of the molecule is CC(CCC(=O)O)NS(=O)(=O)CCOC(C)C. The van der Waals surface area contributed by atoms with E-state index in [0.29, 0.717) is 0 Å². The van der Waals surface area contributed by atoms with Crippen LogP contribution in [0.4, 0.5) is 0 Å². The highest BCUT2D eigenvalue weighted by molar-refractivity contribution is 7.89. The Balaban J connectivity index is 3.94. The predicted molar refractivity (Wildman–Crippen MR) is 64.3 cm³/mol. The van der Waals surface area contributed by atoms with Gasteiger partial charge in [0.2, 0.25) is 10.0 Å². The smallest absolute Gasteiger partial charge is 0.303 e. The van der Waals surface area contributed by atoms with Crippen molar-refractivity contribution < 1.29 is 23.1 Å². The summed E-state index contributed by atoms with van der Waals surface area (Å²) in [6, 6.07) is -0.379. The number of carboxylic acid groups (broad SMARTS) is 1. The number of nitrogens with one attached hydrogen (secondary N) is 1. The number of hydrogen-bond donors (Lipinski definition) is 2. The van der Waals surface area contributed by atoms with Gasteiger partial charge in [-0.3, -0.25) is 4.79 Å². The first-order valence-electron chi connectivity index (χ1n) is 5.56. The van der Waals surface area contributed by atoms with Crippen LogP contribution in [0.2, 0.25) is 0 Å². The number of carboxylic acids is 1. The van der Waals surface area contributed by atoms with Crippen LogP contribution in [0.3, 0.4) is 0 Å². The molecule has 102 valence electrons. The molecule has 0 spiro atoms. The number of carbonyl (C=O) groups is 1. The van der Waals surface area contributed by atoms with Gasteiger partial charge in [0, 0.05) is 12.5 Å². The molecule has 17 heavy (non-hydrogen) atoms. The molecule has 0 saturated heterocycles. The Kier molecular flexibility index (Phi) is 7.33. The van der Waals surface area contributed by atoms with Crippen LogP contribution in [0, 0.1) is 0 Å². The van der Waals surface area contributed by atoms with E-state index in [1.807, 2.05) is 13.8 Å². The van der Waals surface area contributed by atoms with Crippen LogP contribution in [0.15, 0.2) is 0 Å². The summed E-state index contributed by atoms with van der Waals surface area (Å²) in [6.07, 6.45) is 0.223. The van der Waals surface area contributed by atoms with Gasteiger partial charge in [-0.2, -0.15) is 0 Å². The van der Waals surface area contributed by atoms with Crippen molar-refractivity contribution in [2.24, 2.45) is 0 Å². The van der Waals surface area contributed by atoms with Gasteiger partial charge in [0.25, 0.3) is 0 Å². The Labute approximate surface area is 102 Å². The fourth-order valence-electron chi connectivity index (χ4n) is 1.16. The number of sulfonamides is 1. The molecule has 1 atom stereocenters. The molecule has 0 heterocycles. The summed E-state index contributed by atoms with van der Waals surface area (Å²) in [5.74, 6) is -1.04. The lowest BCUT2D eigenvalue weighted by molar-refractivity contribution is -0.137. The van der Waals surface area contributed by atoms with E-state index in [1.165, 1.54) is 0 Å². The molecule has 0 rings (SSSR count). The molecule has 0 saturated carbocycles. The summed E-state index contributed by atoms with van der Waals surface area (Å²) >= 11 is 0. The third kappa shape index (κ3) is 10.2. The number of ether oxygens (including phenoxy) is 1. The molecule has 0 radical (unpaired) electrons. The zero-order valence-electron chi connectivity index (χ0n) is 10.5. The highest BCUT2D eigenvalue weighted by Gasteiger charge is 2.15. The minimum atomic E-state index is -3.39. The maximum absolute atomic E-state index is 11.5. The van der Waals surface area contributed by atoms with Crippen LogP contribution >= 0.6 is 0 Å². The van der Waals surface area contributed by atoms with Gasteiger partial charge in [0.1, 0.15) is 0 Å². The monoisotopic (exact) mass is 267 g/mol. The van der Waals surface area contributed by atoms with Crippen molar-refractivity contribution in [3.8, 4) is 0 Å². The lowest BCUT2D eigenvalue weighted by Gasteiger charge is -2.14.